The minimum Gasteiger partial charge on any atom is -0.367 e. The predicted molar refractivity (Wildman–Crippen MR) is 155 cm³/mol. The topological polar surface area (TPSA) is 53.8 Å². The third kappa shape index (κ3) is 6.10. The van der Waals surface area contributed by atoms with E-state index in [-0.39, 0.29) is 11.9 Å². The first-order chi connectivity index (χ1) is 18.5. The second kappa shape index (κ2) is 12.1. The van der Waals surface area contributed by atoms with E-state index in [2.05, 4.69) is 92.3 Å². The van der Waals surface area contributed by atoms with Crippen molar-refractivity contribution in [3.05, 3.63) is 100 Å². The van der Waals surface area contributed by atoms with Gasteiger partial charge in [-0.3, -0.25) is 14.6 Å². The van der Waals surface area contributed by atoms with E-state index in [4.69, 9.17) is 0 Å². The van der Waals surface area contributed by atoms with Gasteiger partial charge in [-0.25, -0.2) is 0 Å². The second-order valence-corrected chi connectivity index (χ2v) is 11.2. The first kappa shape index (κ1) is 26.4. The van der Waals surface area contributed by atoms with Gasteiger partial charge in [-0.1, -0.05) is 70.5 Å². The van der Waals surface area contributed by atoms with Crippen molar-refractivity contribution in [2.75, 3.05) is 44.7 Å². The van der Waals surface area contributed by atoms with E-state index in [1.807, 2.05) is 35.2 Å². The number of carbonyl (C=O) groups is 1. The van der Waals surface area contributed by atoms with Crippen LogP contribution in [-0.4, -0.2) is 72.5 Å². The number of hydrogen-bond donors (Lipinski definition) is 0. The Morgan fingerprint density at radius 3 is 2.34 bits per heavy atom. The van der Waals surface area contributed by atoms with Crippen LogP contribution >= 0.6 is 15.9 Å². The molecule has 0 bridgehead atoms. The maximum Gasteiger partial charge on any atom is 0.240 e. The SMILES string of the molecule is CN(Cc1ccc(Br)cc1)C1CC(C(=O)N2CCN(c3ccccc3C#N)CC2)N(Cc2ccccc2)C1. The summed E-state index contributed by atoms with van der Waals surface area (Å²) in [6.07, 6.45) is 0.830. The molecule has 2 heterocycles. The van der Waals surface area contributed by atoms with Crippen LogP contribution in [-0.2, 0) is 17.9 Å². The van der Waals surface area contributed by atoms with Gasteiger partial charge in [0, 0.05) is 56.3 Å². The zero-order valence-corrected chi connectivity index (χ0v) is 23.4. The summed E-state index contributed by atoms with van der Waals surface area (Å²) < 4.78 is 1.08. The van der Waals surface area contributed by atoms with E-state index < -0.39 is 0 Å². The third-order valence-corrected chi connectivity index (χ3v) is 8.35. The highest BCUT2D eigenvalue weighted by molar-refractivity contribution is 9.10. The molecule has 0 saturated carbocycles. The molecule has 2 saturated heterocycles. The lowest BCUT2D eigenvalue weighted by Gasteiger charge is -2.38. The molecule has 38 heavy (non-hydrogen) atoms. The fourth-order valence-corrected chi connectivity index (χ4v) is 5.94. The zero-order valence-electron chi connectivity index (χ0n) is 21.8. The number of nitriles is 1. The highest BCUT2D eigenvalue weighted by Gasteiger charge is 2.40. The molecule has 2 aliphatic rings. The number of halogens is 1. The molecule has 7 heteroatoms. The van der Waals surface area contributed by atoms with Crippen LogP contribution in [0.3, 0.4) is 0 Å². The van der Waals surface area contributed by atoms with Gasteiger partial charge in [0.05, 0.1) is 17.3 Å². The highest BCUT2D eigenvalue weighted by atomic mass is 79.9. The average molecular weight is 573 g/mol. The molecule has 2 unspecified atom stereocenters. The average Bonchev–Trinajstić information content (AvgIpc) is 3.38. The lowest BCUT2D eigenvalue weighted by molar-refractivity contribution is -0.136. The van der Waals surface area contributed by atoms with Crippen LogP contribution in [0, 0.1) is 11.3 Å². The van der Waals surface area contributed by atoms with Crippen LogP contribution in [0.5, 0.6) is 0 Å². The Bertz CT molecular complexity index is 1270. The molecule has 0 N–H and O–H groups in total. The van der Waals surface area contributed by atoms with Crippen molar-refractivity contribution in [1.29, 1.82) is 5.26 Å². The molecular weight excluding hydrogens is 538 g/mol. The maximum atomic E-state index is 13.9. The van der Waals surface area contributed by atoms with Crippen molar-refractivity contribution < 1.29 is 4.79 Å². The van der Waals surface area contributed by atoms with Gasteiger partial charge < -0.3 is 9.80 Å². The van der Waals surface area contributed by atoms with Crippen molar-refractivity contribution in [3.63, 3.8) is 0 Å². The number of carbonyl (C=O) groups excluding carboxylic acids is 1. The Hall–Kier alpha value is -3.18. The number of likely N-dealkylation sites (tertiary alicyclic amines) is 1. The molecule has 0 spiro atoms. The minimum absolute atomic E-state index is 0.134. The summed E-state index contributed by atoms with van der Waals surface area (Å²) in [5.74, 6) is 0.230. The molecule has 3 aromatic rings. The number of benzene rings is 3. The summed E-state index contributed by atoms with van der Waals surface area (Å²) in [6, 6.07) is 29.1. The predicted octanol–water partition coefficient (Wildman–Crippen LogP) is 4.74. The normalized spacial score (nSPS) is 20.1. The molecular formula is C31H34BrN5O. The van der Waals surface area contributed by atoms with E-state index in [0.717, 1.165) is 49.3 Å². The second-order valence-electron chi connectivity index (χ2n) is 10.3. The van der Waals surface area contributed by atoms with Gasteiger partial charge in [-0.15, -0.1) is 0 Å². The van der Waals surface area contributed by atoms with E-state index in [1.54, 1.807) is 0 Å². The quantitative estimate of drug-likeness (QED) is 0.410. The van der Waals surface area contributed by atoms with Crippen LogP contribution in [0.25, 0.3) is 0 Å². The van der Waals surface area contributed by atoms with Gasteiger partial charge in [0.1, 0.15) is 6.07 Å². The Morgan fingerprint density at radius 2 is 1.63 bits per heavy atom. The molecule has 5 rings (SSSR count). The van der Waals surface area contributed by atoms with Gasteiger partial charge in [0.25, 0.3) is 0 Å². The number of amides is 1. The van der Waals surface area contributed by atoms with Crippen molar-refractivity contribution in [2.45, 2.75) is 31.6 Å². The smallest absolute Gasteiger partial charge is 0.240 e. The maximum absolute atomic E-state index is 13.9. The van der Waals surface area contributed by atoms with E-state index in [1.165, 1.54) is 11.1 Å². The number of piperazine rings is 1. The van der Waals surface area contributed by atoms with Crippen molar-refractivity contribution in [1.82, 2.24) is 14.7 Å². The Labute approximate surface area is 234 Å². The van der Waals surface area contributed by atoms with Gasteiger partial charge in [-0.05, 0) is 48.9 Å². The van der Waals surface area contributed by atoms with E-state index in [9.17, 15) is 10.1 Å². The fourth-order valence-electron chi connectivity index (χ4n) is 5.68. The lowest BCUT2D eigenvalue weighted by Crippen LogP contribution is -2.53. The number of likely N-dealkylation sites (N-methyl/N-ethyl adjacent to an activating group) is 1. The van der Waals surface area contributed by atoms with E-state index >= 15 is 0 Å². The van der Waals surface area contributed by atoms with Crippen molar-refractivity contribution in [2.24, 2.45) is 0 Å². The summed E-state index contributed by atoms with van der Waals surface area (Å²) in [6.45, 7) is 5.32. The highest BCUT2D eigenvalue weighted by Crippen LogP contribution is 2.28. The number of nitrogens with zero attached hydrogens (tertiary/aromatic N) is 5. The molecule has 1 amide bonds. The van der Waals surface area contributed by atoms with Gasteiger partial charge in [0.15, 0.2) is 0 Å². The van der Waals surface area contributed by atoms with Crippen LogP contribution < -0.4 is 4.90 Å². The van der Waals surface area contributed by atoms with Crippen molar-refractivity contribution in [3.8, 4) is 6.07 Å². The van der Waals surface area contributed by atoms with Gasteiger partial charge in [0.2, 0.25) is 5.91 Å². The molecule has 0 aliphatic carbocycles. The summed E-state index contributed by atoms with van der Waals surface area (Å²) in [4.78, 5) is 23.0. The minimum atomic E-state index is -0.134. The monoisotopic (exact) mass is 571 g/mol. The van der Waals surface area contributed by atoms with Crippen LogP contribution in [0.1, 0.15) is 23.1 Å². The van der Waals surface area contributed by atoms with Crippen LogP contribution in [0.4, 0.5) is 5.69 Å². The van der Waals surface area contributed by atoms with Crippen molar-refractivity contribution >= 4 is 27.5 Å². The first-order valence-corrected chi connectivity index (χ1v) is 14.1. The number of hydrogen-bond acceptors (Lipinski definition) is 5. The van der Waals surface area contributed by atoms with Crippen LogP contribution in [0.2, 0.25) is 0 Å². The van der Waals surface area contributed by atoms with Gasteiger partial charge in [-0.2, -0.15) is 5.26 Å². The third-order valence-electron chi connectivity index (χ3n) is 7.82. The number of para-hydroxylation sites is 1. The Balaban J connectivity index is 1.27. The molecule has 2 atom stereocenters. The molecule has 2 aliphatic heterocycles. The molecule has 196 valence electrons. The van der Waals surface area contributed by atoms with Crippen LogP contribution in [0.15, 0.2) is 83.3 Å². The first-order valence-electron chi connectivity index (χ1n) is 13.3. The fraction of sp³-hybridized carbons (Fsp3) is 0.355. The van der Waals surface area contributed by atoms with Gasteiger partial charge >= 0.3 is 0 Å². The standard InChI is InChI=1S/C31H34BrN5O/c1-34(21-25-11-13-27(32)14-12-25)28-19-30(37(23-28)22-24-7-3-2-4-8-24)31(38)36-17-15-35(16-18-36)29-10-6-5-9-26(29)20-33/h2-14,28,30H,15-19,21-23H2,1H3. The summed E-state index contributed by atoms with van der Waals surface area (Å²) >= 11 is 3.52. The Kier molecular flexibility index (Phi) is 8.43. The Morgan fingerprint density at radius 1 is 0.947 bits per heavy atom. The number of anilines is 1. The van der Waals surface area contributed by atoms with E-state index in [0.29, 0.717) is 24.7 Å². The number of rotatable bonds is 7. The molecule has 0 radical (unpaired) electrons. The molecule has 6 nitrogen and oxygen atoms in total. The molecule has 2 fully saturated rings. The summed E-state index contributed by atoms with van der Waals surface area (Å²) in [7, 11) is 2.17. The zero-order chi connectivity index (χ0) is 26.5. The largest absolute Gasteiger partial charge is 0.367 e. The molecule has 3 aromatic carbocycles. The summed E-state index contributed by atoms with van der Waals surface area (Å²) in [5.41, 5.74) is 4.16. The molecule has 0 aromatic heterocycles. The summed E-state index contributed by atoms with van der Waals surface area (Å²) in [5, 5.41) is 9.51. The lowest BCUT2D eigenvalue weighted by atomic mass is 10.1.